The molecule has 0 heterocycles. The molecule has 0 saturated carbocycles. The Kier molecular flexibility index (Phi) is 27900. The average molecular weight is 264 g/mol. The number of halogens is 2. The van der Waals surface area contributed by atoms with Crippen LogP contribution in [-0.2, 0) is 19.5 Å². The predicted octanol–water partition coefficient (Wildman–Crippen LogP) is -3.28. The van der Waals surface area contributed by atoms with E-state index in [9.17, 15) is 0 Å². The molecule has 0 rings (SSSR count). The van der Waals surface area contributed by atoms with E-state index in [4.69, 9.17) is 0 Å². The molecular formula is H12Cl2O5Ru. The third kappa shape index (κ3) is 251. The van der Waals surface area contributed by atoms with E-state index in [-0.39, 0.29) is 71.7 Å². The van der Waals surface area contributed by atoms with Crippen LogP contribution >= 0.6 is 24.8 Å². The van der Waals surface area contributed by atoms with E-state index in [1.807, 2.05) is 0 Å². The molecule has 0 fully saturated rings. The molecule has 0 unspecified atom stereocenters. The molecule has 0 amide bonds. The molecule has 0 saturated heterocycles. The van der Waals surface area contributed by atoms with Gasteiger partial charge in [-0.2, -0.15) is 0 Å². The second-order valence-electron chi connectivity index (χ2n) is 0. The topological polar surface area (TPSA) is 158 Å². The van der Waals surface area contributed by atoms with Gasteiger partial charge in [0.2, 0.25) is 0 Å². The number of hydrogen-bond acceptors (Lipinski definition) is 0. The zero-order chi connectivity index (χ0) is 0. The first kappa shape index (κ1) is 573. The predicted molar refractivity (Wildman–Crippen MR) is 32.6 cm³/mol. The van der Waals surface area contributed by atoms with Gasteiger partial charge in [-0.25, -0.2) is 0 Å². The second-order valence-corrected chi connectivity index (χ2v) is 0. The van der Waals surface area contributed by atoms with Crippen molar-refractivity contribution < 1.29 is 46.9 Å². The summed E-state index contributed by atoms with van der Waals surface area (Å²) < 4.78 is 0. The van der Waals surface area contributed by atoms with Crippen LogP contribution in [0.15, 0.2) is 0 Å². The molecule has 0 aliphatic heterocycles. The summed E-state index contributed by atoms with van der Waals surface area (Å²) in [6.45, 7) is 0. The molecule has 5 nitrogen and oxygen atoms in total. The molecule has 0 aromatic heterocycles. The van der Waals surface area contributed by atoms with E-state index in [2.05, 4.69) is 0 Å². The maximum absolute atomic E-state index is 0. The van der Waals surface area contributed by atoms with Crippen LogP contribution in [0.1, 0.15) is 0 Å². The number of hydrogen-bond donors (Lipinski definition) is 0. The van der Waals surface area contributed by atoms with Crippen LogP contribution in [0.25, 0.3) is 0 Å². The minimum absolute atomic E-state index is 0. The minimum Gasteiger partial charge on any atom is -0.412 e. The maximum atomic E-state index is 0. The molecule has 64 valence electrons. The van der Waals surface area contributed by atoms with Gasteiger partial charge in [-0.15, -0.1) is 24.8 Å². The van der Waals surface area contributed by atoms with Crippen molar-refractivity contribution in [2.45, 2.75) is 0 Å². The van der Waals surface area contributed by atoms with Gasteiger partial charge in [-0.1, -0.05) is 0 Å². The summed E-state index contributed by atoms with van der Waals surface area (Å²) in [5.74, 6) is 0. The molecule has 0 radical (unpaired) electrons. The van der Waals surface area contributed by atoms with Gasteiger partial charge in [-0.05, 0) is 0 Å². The van der Waals surface area contributed by atoms with Crippen LogP contribution in [0.2, 0.25) is 0 Å². The van der Waals surface area contributed by atoms with Crippen LogP contribution in [0, 0.1) is 0 Å². The summed E-state index contributed by atoms with van der Waals surface area (Å²) in [7, 11) is 0. The van der Waals surface area contributed by atoms with Gasteiger partial charge >= 0.3 is 0 Å². The molecule has 0 bridgehead atoms. The van der Waals surface area contributed by atoms with E-state index in [1.54, 1.807) is 0 Å². The van der Waals surface area contributed by atoms with Gasteiger partial charge in [-0.3, -0.25) is 0 Å². The molecular weight excluding hydrogens is 252 g/mol. The van der Waals surface area contributed by atoms with Crippen LogP contribution < -0.4 is 0 Å². The van der Waals surface area contributed by atoms with Crippen molar-refractivity contribution in [2.75, 3.05) is 0 Å². The standard InChI is InChI=1S/2ClH.5H2O.Ru/h2*1H;5*1H2;. The summed E-state index contributed by atoms with van der Waals surface area (Å²) in [6.07, 6.45) is 0. The van der Waals surface area contributed by atoms with Gasteiger partial charge in [0, 0.05) is 19.5 Å². The fourth-order valence-corrected chi connectivity index (χ4v) is 0. The van der Waals surface area contributed by atoms with E-state index in [0.717, 1.165) is 0 Å². The minimum atomic E-state index is 0. The van der Waals surface area contributed by atoms with Crippen molar-refractivity contribution in [2.24, 2.45) is 0 Å². The fraction of sp³-hybridized carbons (Fsp3) is 0. The zero-order valence-corrected chi connectivity index (χ0v) is 7.04. The summed E-state index contributed by atoms with van der Waals surface area (Å²) in [4.78, 5) is 0. The Morgan fingerprint density at radius 2 is 0.375 bits per heavy atom. The van der Waals surface area contributed by atoms with E-state index >= 15 is 0 Å². The SMILES string of the molecule is Cl.Cl.O.O.O.O.O.[Ru]. The molecule has 0 spiro atoms. The first-order valence-electron chi connectivity index (χ1n) is 0. The van der Waals surface area contributed by atoms with Gasteiger partial charge in [0.1, 0.15) is 0 Å². The summed E-state index contributed by atoms with van der Waals surface area (Å²) >= 11 is 0. The van der Waals surface area contributed by atoms with E-state index < -0.39 is 0 Å². The smallest absolute Gasteiger partial charge is 0 e. The molecule has 0 aromatic rings. The van der Waals surface area contributed by atoms with Crippen molar-refractivity contribution >= 4 is 24.8 Å². The Morgan fingerprint density at radius 1 is 0.375 bits per heavy atom. The van der Waals surface area contributed by atoms with Gasteiger partial charge in [0.05, 0.1) is 0 Å². The summed E-state index contributed by atoms with van der Waals surface area (Å²) in [6, 6.07) is 0. The van der Waals surface area contributed by atoms with Crippen LogP contribution in [0.5, 0.6) is 0 Å². The third-order valence-corrected chi connectivity index (χ3v) is 0. The Hall–Kier alpha value is 1.00. The molecule has 8 heavy (non-hydrogen) atoms. The summed E-state index contributed by atoms with van der Waals surface area (Å²) in [5, 5.41) is 0. The average Bonchev–Trinajstić information content (AvgIpc) is 0. The van der Waals surface area contributed by atoms with Gasteiger partial charge in [0.25, 0.3) is 0 Å². The third-order valence-electron chi connectivity index (χ3n) is 0. The quantitative estimate of drug-likeness (QED) is 0.402. The van der Waals surface area contributed by atoms with Crippen molar-refractivity contribution in [3.05, 3.63) is 0 Å². The molecule has 10 N–H and O–H groups in total. The van der Waals surface area contributed by atoms with Crippen molar-refractivity contribution in [1.29, 1.82) is 0 Å². The first-order valence-corrected chi connectivity index (χ1v) is 0. The van der Waals surface area contributed by atoms with Crippen LogP contribution in [0.4, 0.5) is 0 Å². The van der Waals surface area contributed by atoms with E-state index in [1.165, 1.54) is 0 Å². The molecule has 0 aliphatic rings. The number of rotatable bonds is 0. The monoisotopic (exact) mass is 264 g/mol. The van der Waals surface area contributed by atoms with Crippen molar-refractivity contribution in [3.8, 4) is 0 Å². The Bertz CT molecular complexity index is 10.4. The van der Waals surface area contributed by atoms with Crippen molar-refractivity contribution in [1.82, 2.24) is 0 Å². The molecule has 0 atom stereocenters. The molecule has 8 heteroatoms. The Labute approximate surface area is 72.0 Å². The summed E-state index contributed by atoms with van der Waals surface area (Å²) in [5.41, 5.74) is 0. The first-order chi connectivity index (χ1) is 0. The Morgan fingerprint density at radius 3 is 0.375 bits per heavy atom. The van der Waals surface area contributed by atoms with Gasteiger partial charge in [0.15, 0.2) is 0 Å². The van der Waals surface area contributed by atoms with E-state index in [0.29, 0.717) is 0 Å². The maximum Gasteiger partial charge on any atom is 0 e. The largest absolute Gasteiger partial charge is 0.412 e. The second kappa shape index (κ2) is 390. The molecule has 0 aromatic carbocycles. The van der Waals surface area contributed by atoms with Crippen molar-refractivity contribution in [3.63, 3.8) is 0 Å². The Balaban J connectivity index is 0. The zero-order valence-electron chi connectivity index (χ0n) is 3.67. The molecule has 0 aliphatic carbocycles. The normalized spacial score (nSPS) is 0. The van der Waals surface area contributed by atoms with Crippen LogP contribution in [-0.4, -0.2) is 27.4 Å². The van der Waals surface area contributed by atoms with Crippen LogP contribution in [0.3, 0.4) is 0 Å². The van der Waals surface area contributed by atoms with Gasteiger partial charge < -0.3 is 27.4 Å². The fourth-order valence-electron chi connectivity index (χ4n) is 0.